The van der Waals surface area contributed by atoms with Gasteiger partial charge in [-0.25, -0.2) is 12.8 Å². The van der Waals surface area contributed by atoms with Crippen LogP contribution in [-0.4, -0.2) is 8.42 Å². The van der Waals surface area contributed by atoms with Crippen molar-refractivity contribution in [3.05, 3.63) is 50.7 Å². The summed E-state index contributed by atoms with van der Waals surface area (Å²) >= 11 is 6.53. The van der Waals surface area contributed by atoms with E-state index in [-0.39, 0.29) is 16.1 Å². The Balaban J connectivity index is 2.43. The van der Waals surface area contributed by atoms with Gasteiger partial charge in [0.15, 0.2) is 0 Å². The van der Waals surface area contributed by atoms with Crippen LogP contribution in [0.5, 0.6) is 0 Å². The van der Waals surface area contributed by atoms with Gasteiger partial charge in [-0.15, -0.1) is 0 Å². The molecule has 8 heteroatoms. The Hall–Kier alpha value is -1.12. The summed E-state index contributed by atoms with van der Waals surface area (Å²) < 4.78 is 42.0. The summed E-state index contributed by atoms with van der Waals surface area (Å²) in [5, 5.41) is 0. The fourth-order valence-electron chi connectivity index (χ4n) is 1.61. The van der Waals surface area contributed by atoms with Gasteiger partial charge in [0.05, 0.1) is 10.6 Å². The predicted octanol–water partition coefficient (Wildman–Crippen LogP) is 4.04. The van der Waals surface area contributed by atoms with E-state index in [0.717, 1.165) is 10.5 Å². The molecule has 0 heterocycles. The standard InChI is InChI=1S/C13H11Br2FN2O2S/c1-7-11(16)5-9(6-12(7)17)21(19,20)18-13-3-2-8(14)4-10(13)15/h2-6,18H,17H2,1H3. The molecule has 0 saturated heterocycles. The molecule has 0 aliphatic heterocycles. The number of nitrogen functional groups attached to an aromatic ring is 1. The van der Waals surface area contributed by atoms with Gasteiger partial charge in [0.2, 0.25) is 0 Å². The first-order chi connectivity index (χ1) is 9.70. The zero-order valence-electron chi connectivity index (χ0n) is 10.8. The largest absolute Gasteiger partial charge is 0.398 e. The highest BCUT2D eigenvalue weighted by Crippen LogP contribution is 2.29. The van der Waals surface area contributed by atoms with Crippen molar-refractivity contribution in [2.45, 2.75) is 11.8 Å². The van der Waals surface area contributed by atoms with Gasteiger partial charge in [-0.1, -0.05) is 15.9 Å². The Morgan fingerprint density at radius 1 is 1.19 bits per heavy atom. The maximum absolute atomic E-state index is 13.7. The van der Waals surface area contributed by atoms with Gasteiger partial charge in [0, 0.05) is 20.2 Å². The van der Waals surface area contributed by atoms with E-state index in [4.69, 9.17) is 5.73 Å². The van der Waals surface area contributed by atoms with Gasteiger partial charge in [-0.2, -0.15) is 0 Å². The van der Waals surface area contributed by atoms with E-state index in [1.54, 1.807) is 18.2 Å². The van der Waals surface area contributed by atoms with E-state index >= 15 is 0 Å². The molecule has 0 aromatic heterocycles. The van der Waals surface area contributed by atoms with Crippen LogP contribution in [0.15, 0.2) is 44.2 Å². The maximum atomic E-state index is 13.7. The zero-order valence-corrected chi connectivity index (χ0v) is 14.8. The lowest BCUT2D eigenvalue weighted by Crippen LogP contribution is -2.14. The summed E-state index contributed by atoms with van der Waals surface area (Å²) in [6.07, 6.45) is 0. The molecule has 21 heavy (non-hydrogen) atoms. The van der Waals surface area contributed by atoms with Crippen LogP contribution in [0, 0.1) is 12.7 Å². The molecule has 2 rings (SSSR count). The Bertz CT molecular complexity index is 787. The van der Waals surface area contributed by atoms with Crippen molar-refractivity contribution in [1.29, 1.82) is 0 Å². The van der Waals surface area contributed by atoms with Gasteiger partial charge in [0.1, 0.15) is 5.82 Å². The molecule has 112 valence electrons. The predicted molar refractivity (Wildman–Crippen MR) is 88.2 cm³/mol. The van der Waals surface area contributed by atoms with Crippen molar-refractivity contribution in [2.75, 3.05) is 10.5 Å². The summed E-state index contributed by atoms with van der Waals surface area (Å²) in [6, 6.07) is 7.14. The van der Waals surface area contributed by atoms with Gasteiger partial charge < -0.3 is 5.73 Å². The minimum Gasteiger partial charge on any atom is -0.398 e. The molecule has 2 aromatic carbocycles. The van der Waals surface area contributed by atoms with Crippen molar-refractivity contribution in [3.8, 4) is 0 Å². The van der Waals surface area contributed by atoms with E-state index in [9.17, 15) is 12.8 Å². The molecule has 0 radical (unpaired) electrons. The number of halogens is 3. The molecule has 3 N–H and O–H groups in total. The van der Waals surface area contributed by atoms with Crippen LogP contribution in [0.1, 0.15) is 5.56 Å². The van der Waals surface area contributed by atoms with E-state index in [1.165, 1.54) is 13.0 Å². The normalized spacial score (nSPS) is 11.4. The monoisotopic (exact) mass is 436 g/mol. The molecule has 4 nitrogen and oxygen atoms in total. The van der Waals surface area contributed by atoms with Crippen molar-refractivity contribution in [2.24, 2.45) is 0 Å². The van der Waals surface area contributed by atoms with E-state index < -0.39 is 15.8 Å². The van der Waals surface area contributed by atoms with Crippen LogP contribution in [0.2, 0.25) is 0 Å². The number of hydrogen-bond donors (Lipinski definition) is 2. The molecular weight excluding hydrogens is 427 g/mol. The van der Waals surface area contributed by atoms with Crippen LogP contribution in [-0.2, 0) is 10.0 Å². The number of nitrogens with two attached hydrogens (primary N) is 1. The SMILES string of the molecule is Cc1c(N)cc(S(=O)(=O)Nc2ccc(Br)cc2Br)cc1F. The van der Waals surface area contributed by atoms with Crippen molar-refractivity contribution in [3.63, 3.8) is 0 Å². The number of sulfonamides is 1. The molecule has 0 saturated carbocycles. The molecule has 0 atom stereocenters. The number of rotatable bonds is 3. The Labute approximate surface area is 138 Å². The minimum absolute atomic E-state index is 0.0882. The molecule has 0 aliphatic rings. The topological polar surface area (TPSA) is 72.2 Å². The summed E-state index contributed by atoms with van der Waals surface area (Å²) in [5.74, 6) is -0.662. The van der Waals surface area contributed by atoms with Gasteiger partial charge in [-0.3, -0.25) is 4.72 Å². The van der Waals surface area contributed by atoms with Gasteiger partial charge in [0.25, 0.3) is 10.0 Å². The maximum Gasteiger partial charge on any atom is 0.262 e. The number of nitrogens with one attached hydrogen (secondary N) is 1. The average molecular weight is 438 g/mol. The second-order valence-corrected chi connectivity index (χ2v) is 7.80. The van der Waals surface area contributed by atoms with E-state index in [0.29, 0.717) is 10.2 Å². The van der Waals surface area contributed by atoms with Gasteiger partial charge >= 0.3 is 0 Å². The van der Waals surface area contributed by atoms with Crippen molar-refractivity contribution in [1.82, 2.24) is 0 Å². The molecular formula is C13H11Br2FN2O2S. The summed E-state index contributed by atoms with van der Waals surface area (Å²) in [5.41, 5.74) is 6.27. The van der Waals surface area contributed by atoms with E-state index in [1.807, 2.05) is 0 Å². The summed E-state index contributed by atoms with van der Waals surface area (Å²) in [4.78, 5) is -0.224. The van der Waals surface area contributed by atoms with Crippen LogP contribution >= 0.6 is 31.9 Å². The smallest absolute Gasteiger partial charge is 0.262 e. The molecule has 0 bridgehead atoms. The molecule has 0 spiro atoms. The van der Waals surface area contributed by atoms with Crippen molar-refractivity contribution >= 4 is 53.3 Å². The molecule has 0 unspecified atom stereocenters. The first kappa shape index (κ1) is 16.3. The van der Waals surface area contributed by atoms with Crippen LogP contribution < -0.4 is 10.5 Å². The first-order valence-corrected chi connectivity index (χ1v) is 8.81. The summed E-state index contributed by atoms with van der Waals surface area (Å²) in [7, 11) is -3.93. The molecule has 2 aromatic rings. The Morgan fingerprint density at radius 2 is 1.86 bits per heavy atom. The van der Waals surface area contributed by atoms with Crippen LogP contribution in [0.25, 0.3) is 0 Å². The lowest BCUT2D eigenvalue weighted by Gasteiger charge is -2.12. The molecule has 0 fully saturated rings. The Kier molecular flexibility index (Phi) is 4.60. The van der Waals surface area contributed by atoms with Gasteiger partial charge in [-0.05, 0) is 53.2 Å². The van der Waals surface area contributed by atoms with Crippen LogP contribution in [0.3, 0.4) is 0 Å². The van der Waals surface area contributed by atoms with E-state index in [2.05, 4.69) is 36.6 Å². The third-order valence-corrected chi connectivity index (χ3v) is 5.34. The second-order valence-electron chi connectivity index (χ2n) is 4.35. The fraction of sp³-hybridized carbons (Fsp3) is 0.0769. The summed E-state index contributed by atoms with van der Waals surface area (Å²) in [6.45, 7) is 1.49. The lowest BCUT2D eigenvalue weighted by atomic mass is 10.2. The molecule has 0 amide bonds. The Morgan fingerprint density at radius 3 is 2.43 bits per heavy atom. The highest BCUT2D eigenvalue weighted by atomic mass is 79.9. The lowest BCUT2D eigenvalue weighted by molar-refractivity contribution is 0.593. The quantitative estimate of drug-likeness (QED) is 0.711. The first-order valence-electron chi connectivity index (χ1n) is 5.74. The second kappa shape index (κ2) is 5.94. The minimum atomic E-state index is -3.93. The highest BCUT2D eigenvalue weighted by molar-refractivity contribution is 9.11. The number of hydrogen-bond acceptors (Lipinski definition) is 3. The van der Waals surface area contributed by atoms with Crippen LogP contribution in [0.4, 0.5) is 15.8 Å². The number of benzene rings is 2. The third-order valence-electron chi connectivity index (χ3n) is 2.84. The average Bonchev–Trinajstić information content (AvgIpc) is 2.38. The fourth-order valence-corrected chi connectivity index (χ4v) is 4.01. The third kappa shape index (κ3) is 3.56. The number of anilines is 2. The van der Waals surface area contributed by atoms with Crippen molar-refractivity contribution < 1.29 is 12.8 Å². The molecule has 0 aliphatic carbocycles. The zero-order chi connectivity index (χ0) is 15.8. The highest BCUT2D eigenvalue weighted by Gasteiger charge is 2.18.